The number of hydrogen-bond acceptors (Lipinski definition) is 4. The maximum absolute atomic E-state index is 12.1. The molecule has 2 aromatic rings. The molecule has 2 rings (SSSR count). The molecule has 0 aliphatic rings. The first-order valence-electron chi connectivity index (χ1n) is 6.93. The molecule has 23 heavy (non-hydrogen) atoms. The van der Waals surface area contributed by atoms with Gasteiger partial charge in [-0.1, -0.05) is 17.7 Å². The van der Waals surface area contributed by atoms with E-state index in [9.17, 15) is 9.59 Å². The fourth-order valence-electron chi connectivity index (χ4n) is 1.89. The van der Waals surface area contributed by atoms with Crippen LogP contribution < -0.4 is 15.4 Å². The second-order valence-corrected chi connectivity index (χ2v) is 5.01. The van der Waals surface area contributed by atoms with Crippen molar-refractivity contribution >= 4 is 23.4 Å². The molecule has 0 fully saturated rings. The standard InChI is InChI=1S/C16H16ClN3O3/c1-23-14-6-5-11(17)10-12(14)15(21)19-8-9-20-16(22)13-4-2-3-7-18-13/h2-7,10H,8-9H2,1H3,(H,19,21)(H,20,22). The van der Waals surface area contributed by atoms with Crippen LogP contribution in [-0.2, 0) is 0 Å². The van der Waals surface area contributed by atoms with Gasteiger partial charge >= 0.3 is 0 Å². The van der Waals surface area contributed by atoms with Crippen molar-refractivity contribution < 1.29 is 14.3 Å². The van der Waals surface area contributed by atoms with Crippen LogP contribution in [0.15, 0.2) is 42.6 Å². The lowest BCUT2D eigenvalue weighted by Gasteiger charge is -2.10. The molecule has 0 aliphatic carbocycles. The van der Waals surface area contributed by atoms with E-state index in [1.165, 1.54) is 13.2 Å². The number of halogens is 1. The summed E-state index contributed by atoms with van der Waals surface area (Å²) in [4.78, 5) is 27.8. The van der Waals surface area contributed by atoms with Gasteiger partial charge in [0.2, 0.25) is 0 Å². The molecule has 7 heteroatoms. The van der Waals surface area contributed by atoms with Crippen molar-refractivity contribution in [3.05, 3.63) is 58.9 Å². The first-order chi connectivity index (χ1) is 11.1. The number of rotatable bonds is 6. The van der Waals surface area contributed by atoms with E-state index in [4.69, 9.17) is 16.3 Å². The van der Waals surface area contributed by atoms with Crippen molar-refractivity contribution in [3.63, 3.8) is 0 Å². The normalized spacial score (nSPS) is 10.0. The summed E-state index contributed by atoms with van der Waals surface area (Å²) in [6.45, 7) is 0.553. The molecule has 1 heterocycles. The van der Waals surface area contributed by atoms with Crippen LogP contribution in [0.3, 0.4) is 0 Å². The van der Waals surface area contributed by atoms with Crippen LogP contribution in [0.5, 0.6) is 5.75 Å². The lowest BCUT2D eigenvalue weighted by molar-refractivity contribution is 0.0923. The van der Waals surface area contributed by atoms with Crippen molar-refractivity contribution in [2.75, 3.05) is 20.2 Å². The molecule has 0 atom stereocenters. The highest BCUT2D eigenvalue weighted by Gasteiger charge is 2.12. The van der Waals surface area contributed by atoms with Gasteiger partial charge in [-0.15, -0.1) is 0 Å². The van der Waals surface area contributed by atoms with Gasteiger partial charge in [-0.3, -0.25) is 14.6 Å². The molecule has 0 spiro atoms. The summed E-state index contributed by atoms with van der Waals surface area (Å²) in [5.74, 6) is -0.180. The van der Waals surface area contributed by atoms with E-state index in [1.54, 1.807) is 36.5 Å². The molecule has 2 N–H and O–H groups in total. The van der Waals surface area contributed by atoms with Crippen molar-refractivity contribution in [1.29, 1.82) is 0 Å². The second-order valence-electron chi connectivity index (χ2n) is 4.57. The zero-order valence-electron chi connectivity index (χ0n) is 12.5. The van der Waals surface area contributed by atoms with Gasteiger partial charge in [-0.05, 0) is 30.3 Å². The third kappa shape index (κ3) is 4.69. The van der Waals surface area contributed by atoms with E-state index in [-0.39, 0.29) is 24.9 Å². The number of hydrogen-bond donors (Lipinski definition) is 2. The number of ether oxygens (including phenoxy) is 1. The Morgan fingerprint density at radius 2 is 1.87 bits per heavy atom. The van der Waals surface area contributed by atoms with Gasteiger partial charge in [0.15, 0.2) is 0 Å². The van der Waals surface area contributed by atoms with Crippen molar-refractivity contribution in [2.24, 2.45) is 0 Å². The number of methoxy groups -OCH3 is 1. The van der Waals surface area contributed by atoms with E-state index >= 15 is 0 Å². The molecule has 0 aliphatic heterocycles. The number of pyridine rings is 1. The van der Waals surface area contributed by atoms with Gasteiger partial charge in [-0.25, -0.2) is 0 Å². The molecule has 0 bridgehead atoms. The summed E-state index contributed by atoms with van der Waals surface area (Å²) in [6.07, 6.45) is 1.54. The van der Waals surface area contributed by atoms with Crippen LogP contribution in [0, 0.1) is 0 Å². The van der Waals surface area contributed by atoms with E-state index in [0.717, 1.165) is 0 Å². The van der Waals surface area contributed by atoms with Crippen LogP contribution in [0.4, 0.5) is 0 Å². The third-order valence-electron chi connectivity index (χ3n) is 3.00. The Morgan fingerprint density at radius 3 is 2.52 bits per heavy atom. The first-order valence-corrected chi connectivity index (χ1v) is 7.30. The van der Waals surface area contributed by atoms with Crippen molar-refractivity contribution in [1.82, 2.24) is 15.6 Å². The molecule has 1 aromatic carbocycles. The van der Waals surface area contributed by atoms with Gasteiger partial charge in [-0.2, -0.15) is 0 Å². The number of amides is 2. The number of carbonyl (C=O) groups is 2. The summed E-state index contributed by atoms with van der Waals surface area (Å²) >= 11 is 5.89. The minimum atomic E-state index is -0.323. The Morgan fingerprint density at radius 1 is 1.13 bits per heavy atom. The number of nitrogens with one attached hydrogen (secondary N) is 2. The largest absolute Gasteiger partial charge is 0.496 e. The van der Waals surface area contributed by atoms with Crippen LogP contribution in [-0.4, -0.2) is 37.0 Å². The van der Waals surface area contributed by atoms with E-state index in [2.05, 4.69) is 15.6 Å². The predicted molar refractivity (Wildman–Crippen MR) is 86.9 cm³/mol. The predicted octanol–water partition coefficient (Wildman–Crippen LogP) is 1.90. The maximum Gasteiger partial charge on any atom is 0.269 e. The summed E-state index contributed by atoms with van der Waals surface area (Å²) in [5, 5.41) is 5.81. The number of carbonyl (C=O) groups excluding carboxylic acids is 2. The topological polar surface area (TPSA) is 80.3 Å². The quantitative estimate of drug-likeness (QED) is 0.791. The summed E-state index contributed by atoms with van der Waals surface area (Å²) in [6, 6.07) is 9.88. The minimum absolute atomic E-state index is 0.271. The molecule has 0 saturated heterocycles. The van der Waals surface area contributed by atoms with Gasteiger partial charge < -0.3 is 15.4 Å². The smallest absolute Gasteiger partial charge is 0.269 e. The highest BCUT2D eigenvalue weighted by molar-refractivity contribution is 6.31. The average molecular weight is 334 g/mol. The number of aromatic nitrogens is 1. The molecule has 2 amide bonds. The average Bonchev–Trinajstić information content (AvgIpc) is 2.59. The maximum atomic E-state index is 12.1. The van der Waals surface area contributed by atoms with Gasteiger partial charge in [0.25, 0.3) is 11.8 Å². The highest BCUT2D eigenvalue weighted by Crippen LogP contribution is 2.22. The van der Waals surface area contributed by atoms with Crippen LogP contribution in [0.2, 0.25) is 5.02 Å². The third-order valence-corrected chi connectivity index (χ3v) is 3.23. The monoisotopic (exact) mass is 333 g/mol. The Bertz CT molecular complexity index is 692. The Kier molecular flexibility index (Phi) is 5.94. The Balaban J connectivity index is 1.84. The zero-order chi connectivity index (χ0) is 16.7. The second kappa shape index (κ2) is 8.14. The highest BCUT2D eigenvalue weighted by atomic mass is 35.5. The van der Waals surface area contributed by atoms with Crippen LogP contribution in [0.1, 0.15) is 20.8 Å². The SMILES string of the molecule is COc1ccc(Cl)cc1C(=O)NCCNC(=O)c1ccccn1. The molecule has 1 aromatic heterocycles. The number of nitrogens with zero attached hydrogens (tertiary/aromatic N) is 1. The first kappa shape index (κ1) is 16.8. The molecule has 0 unspecified atom stereocenters. The molecular formula is C16H16ClN3O3. The molecular weight excluding hydrogens is 318 g/mol. The van der Waals surface area contributed by atoms with Gasteiger partial charge in [0.1, 0.15) is 11.4 Å². The minimum Gasteiger partial charge on any atom is -0.496 e. The van der Waals surface area contributed by atoms with Crippen LogP contribution >= 0.6 is 11.6 Å². The molecule has 0 radical (unpaired) electrons. The lowest BCUT2D eigenvalue weighted by atomic mass is 10.2. The van der Waals surface area contributed by atoms with Crippen molar-refractivity contribution in [3.8, 4) is 5.75 Å². The Hall–Kier alpha value is -2.60. The van der Waals surface area contributed by atoms with Crippen molar-refractivity contribution in [2.45, 2.75) is 0 Å². The van der Waals surface area contributed by atoms with Crippen LogP contribution in [0.25, 0.3) is 0 Å². The zero-order valence-corrected chi connectivity index (χ0v) is 13.3. The molecule has 120 valence electrons. The fraction of sp³-hybridized carbons (Fsp3) is 0.188. The van der Waals surface area contributed by atoms with Gasteiger partial charge in [0, 0.05) is 24.3 Å². The van der Waals surface area contributed by atoms with E-state index < -0.39 is 0 Å². The van der Waals surface area contributed by atoms with E-state index in [1.807, 2.05) is 0 Å². The fourth-order valence-corrected chi connectivity index (χ4v) is 2.06. The summed E-state index contributed by atoms with van der Waals surface area (Å²) in [7, 11) is 1.48. The molecule has 0 saturated carbocycles. The summed E-state index contributed by atoms with van der Waals surface area (Å²) < 4.78 is 5.13. The Labute approximate surface area is 138 Å². The lowest BCUT2D eigenvalue weighted by Crippen LogP contribution is -2.35. The van der Waals surface area contributed by atoms with E-state index in [0.29, 0.717) is 22.0 Å². The summed E-state index contributed by atoms with van der Waals surface area (Å²) in [5.41, 5.74) is 0.673. The van der Waals surface area contributed by atoms with Gasteiger partial charge in [0.05, 0.1) is 12.7 Å². The number of benzene rings is 1. The molecule has 6 nitrogen and oxygen atoms in total.